The van der Waals surface area contributed by atoms with Crippen LogP contribution in [0.3, 0.4) is 0 Å². The van der Waals surface area contributed by atoms with E-state index in [4.69, 9.17) is 0 Å². The van der Waals surface area contributed by atoms with Gasteiger partial charge >= 0.3 is 0 Å². The number of rotatable bonds is 4. The Kier molecular flexibility index (Phi) is 4.41. The predicted molar refractivity (Wildman–Crippen MR) is 92.6 cm³/mol. The van der Waals surface area contributed by atoms with E-state index in [0.717, 1.165) is 0 Å². The number of hydrogen-bond acceptors (Lipinski definition) is 1. The van der Waals surface area contributed by atoms with E-state index in [0.29, 0.717) is 6.42 Å². The first-order chi connectivity index (χ1) is 10.9. The molecule has 0 fully saturated rings. The zero-order valence-corrected chi connectivity index (χ0v) is 13.6. The van der Waals surface area contributed by atoms with Crippen molar-refractivity contribution in [3.8, 4) is 10.8 Å². The van der Waals surface area contributed by atoms with Crippen LogP contribution in [0.5, 0.6) is 0 Å². The van der Waals surface area contributed by atoms with Crippen molar-refractivity contribution in [2.45, 2.75) is 12.0 Å². The molecule has 0 bridgehead atoms. The fourth-order valence-corrected chi connectivity index (χ4v) is 2.97. The Morgan fingerprint density at radius 2 is 1.55 bits per heavy atom. The molecule has 0 aliphatic carbocycles. The molecule has 0 radical (unpaired) electrons. The average molecular weight is 351 g/mol. The topological polar surface area (TPSA) is 17.8 Å². The highest BCUT2D eigenvalue weighted by molar-refractivity contribution is 9.12. The maximum atomic E-state index is 4.25. The Balaban J connectivity index is 2.29. The molecule has 0 amide bonds. The maximum Gasteiger partial charge on any atom is 0.107 e. The molecule has 0 N–H and O–H groups in total. The van der Waals surface area contributed by atoms with Crippen LogP contribution in [0.4, 0.5) is 0 Å². The van der Waals surface area contributed by atoms with Crippen LogP contribution in [-0.4, -0.2) is 9.55 Å². The van der Waals surface area contributed by atoms with Crippen molar-refractivity contribution < 1.29 is 0 Å². The lowest BCUT2D eigenvalue weighted by atomic mass is 9.80. The van der Waals surface area contributed by atoms with E-state index in [-0.39, 0.29) is 5.54 Å². The fourth-order valence-electron chi connectivity index (χ4n) is 2.83. The summed E-state index contributed by atoms with van der Waals surface area (Å²) in [5.41, 5.74) is 1.99. The van der Waals surface area contributed by atoms with E-state index in [2.05, 4.69) is 84.8 Å². The summed E-state index contributed by atoms with van der Waals surface area (Å²) >= 11 is 3.22. The number of benzene rings is 2. The van der Waals surface area contributed by atoms with Gasteiger partial charge in [0.1, 0.15) is 5.54 Å². The van der Waals surface area contributed by atoms with Gasteiger partial charge in [0.25, 0.3) is 0 Å². The Hall–Kier alpha value is -2.31. The number of hydrogen-bond donors (Lipinski definition) is 0. The summed E-state index contributed by atoms with van der Waals surface area (Å²) in [5, 5.41) is 0. The van der Waals surface area contributed by atoms with Crippen molar-refractivity contribution in [3.63, 3.8) is 0 Å². The summed E-state index contributed by atoms with van der Waals surface area (Å²) in [4.78, 5) is 7.10. The first-order valence-corrected chi connectivity index (χ1v) is 7.85. The molecule has 0 saturated heterocycles. The molecule has 1 heterocycles. The van der Waals surface area contributed by atoms with Crippen molar-refractivity contribution in [2.24, 2.45) is 0 Å². The van der Waals surface area contributed by atoms with E-state index in [9.17, 15) is 0 Å². The normalized spacial score (nSPS) is 10.8. The molecular formula is C19H15BrN2. The highest BCUT2D eigenvalue weighted by Gasteiger charge is 2.35. The van der Waals surface area contributed by atoms with Crippen molar-refractivity contribution in [2.75, 3.05) is 0 Å². The maximum absolute atomic E-state index is 4.25. The molecule has 108 valence electrons. The quantitative estimate of drug-likeness (QED) is 0.636. The van der Waals surface area contributed by atoms with Gasteiger partial charge in [-0.05, 0) is 16.0 Å². The molecule has 0 unspecified atom stereocenters. The predicted octanol–water partition coefficient (Wildman–Crippen LogP) is 4.42. The van der Waals surface area contributed by atoms with Crippen molar-refractivity contribution >= 4 is 15.9 Å². The first kappa shape index (κ1) is 14.6. The minimum absolute atomic E-state index is 0.389. The number of nitrogens with zero attached hydrogens (tertiary/aromatic N) is 2. The lowest BCUT2D eigenvalue weighted by Crippen LogP contribution is -2.35. The van der Waals surface area contributed by atoms with Crippen LogP contribution in [0.2, 0.25) is 0 Å². The van der Waals surface area contributed by atoms with Crippen molar-refractivity contribution in [3.05, 3.63) is 90.5 Å². The Bertz CT molecular complexity index is 729. The molecule has 0 spiro atoms. The van der Waals surface area contributed by atoms with Crippen molar-refractivity contribution in [1.29, 1.82) is 0 Å². The monoisotopic (exact) mass is 350 g/mol. The Morgan fingerprint density at radius 1 is 0.955 bits per heavy atom. The van der Waals surface area contributed by atoms with Crippen LogP contribution in [0.1, 0.15) is 17.5 Å². The Labute approximate surface area is 139 Å². The molecule has 0 saturated carbocycles. The third kappa shape index (κ3) is 2.58. The van der Waals surface area contributed by atoms with Crippen LogP contribution >= 0.6 is 15.9 Å². The van der Waals surface area contributed by atoms with Gasteiger partial charge in [0, 0.05) is 34.7 Å². The van der Waals surface area contributed by atoms with Gasteiger partial charge in [0.05, 0.1) is 6.33 Å². The second kappa shape index (κ2) is 6.64. The zero-order valence-electron chi connectivity index (χ0n) is 12.0. The largest absolute Gasteiger partial charge is 0.322 e. The molecule has 2 nitrogen and oxygen atoms in total. The number of imidazole rings is 1. The van der Waals surface area contributed by atoms with E-state index >= 15 is 0 Å². The molecule has 0 aliphatic heterocycles. The molecule has 3 heteroatoms. The smallest absolute Gasteiger partial charge is 0.107 e. The first-order valence-electron chi connectivity index (χ1n) is 7.06. The minimum Gasteiger partial charge on any atom is -0.322 e. The SMILES string of the molecule is BrC#CCC(c1ccccc1)(c1ccccc1)n1ccnc1. The van der Waals surface area contributed by atoms with Crippen LogP contribution in [-0.2, 0) is 5.54 Å². The van der Waals surface area contributed by atoms with Crippen LogP contribution in [0.25, 0.3) is 0 Å². The molecule has 22 heavy (non-hydrogen) atoms. The second-order valence-corrected chi connectivity index (χ2v) is 5.41. The van der Waals surface area contributed by atoms with Gasteiger partial charge in [-0.1, -0.05) is 66.6 Å². The number of aromatic nitrogens is 2. The van der Waals surface area contributed by atoms with E-state index < -0.39 is 0 Å². The minimum atomic E-state index is -0.389. The third-order valence-corrected chi connectivity index (χ3v) is 4.14. The highest BCUT2D eigenvalue weighted by atomic mass is 79.9. The number of halogens is 1. The average Bonchev–Trinajstić information content (AvgIpc) is 3.13. The summed E-state index contributed by atoms with van der Waals surface area (Å²) in [6.07, 6.45) is 6.32. The molecular weight excluding hydrogens is 336 g/mol. The van der Waals surface area contributed by atoms with Gasteiger partial charge in [0.15, 0.2) is 0 Å². The van der Waals surface area contributed by atoms with Gasteiger partial charge in [-0.3, -0.25) is 0 Å². The van der Waals surface area contributed by atoms with Gasteiger partial charge in [-0.25, -0.2) is 4.98 Å². The highest BCUT2D eigenvalue weighted by Crippen LogP contribution is 2.37. The standard InChI is InChI=1S/C19H15BrN2/c20-13-7-12-19(22-15-14-21-16-22,17-8-3-1-4-9-17)18-10-5-2-6-11-18/h1-6,8-11,14-16H,12H2. The van der Waals surface area contributed by atoms with E-state index in [1.165, 1.54) is 11.1 Å². The second-order valence-electron chi connectivity index (χ2n) is 5.01. The molecule has 0 atom stereocenters. The fraction of sp³-hybridized carbons (Fsp3) is 0.105. The van der Waals surface area contributed by atoms with E-state index in [1.807, 2.05) is 30.9 Å². The van der Waals surface area contributed by atoms with Gasteiger partial charge in [-0.2, -0.15) is 0 Å². The summed E-state index contributed by atoms with van der Waals surface area (Å²) in [5.74, 6) is 3.19. The lowest BCUT2D eigenvalue weighted by Gasteiger charge is -2.35. The van der Waals surface area contributed by atoms with Crippen LogP contribution in [0, 0.1) is 10.8 Å². The Morgan fingerprint density at radius 3 is 2.00 bits per heavy atom. The summed E-state index contributed by atoms with van der Waals surface area (Å²) in [6, 6.07) is 20.9. The third-order valence-electron chi connectivity index (χ3n) is 3.86. The van der Waals surface area contributed by atoms with Crippen molar-refractivity contribution in [1.82, 2.24) is 9.55 Å². The lowest BCUT2D eigenvalue weighted by molar-refractivity contribution is 0.441. The van der Waals surface area contributed by atoms with Crippen LogP contribution < -0.4 is 0 Å². The van der Waals surface area contributed by atoms with Crippen LogP contribution in [0.15, 0.2) is 79.4 Å². The zero-order chi connectivity index (χ0) is 15.3. The van der Waals surface area contributed by atoms with E-state index in [1.54, 1.807) is 0 Å². The van der Waals surface area contributed by atoms with Gasteiger partial charge in [-0.15, -0.1) is 0 Å². The molecule has 3 rings (SSSR count). The summed E-state index contributed by atoms with van der Waals surface area (Å²) in [6.45, 7) is 0. The van der Waals surface area contributed by atoms with Gasteiger partial charge in [0.2, 0.25) is 0 Å². The summed E-state index contributed by atoms with van der Waals surface area (Å²) in [7, 11) is 0. The molecule has 2 aromatic carbocycles. The molecule has 3 aromatic rings. The molecule has 0 aliphatic rings. The molecule has 1 aromatic heterocycles. The summed E-state index contributed by atoms with van der Waals surface area (Å²) < 4.78 is 2.13. The van der Waals surface area contributed by atoms with Gasteiger partial charge < -0.3 is 4.57 Å².